The third-order valence-electron chi connectivity index (χ3n) is 6.02. The van der Waals surface area contributed by atoms with Crippen molar-refractivity contribution >= 4 is 17.4 Å². The van der Waals surface area contributed by atoms with Crippen molar-refractivity contribution in [3.8, 4) is 17.0 Å². The Hall–Kier alpha value is -3.84. The number of pyridine rings is 1. The van der Waals surface area contributed by atoms with Crippen LogP contribution in [0.3, 0.4) is 0 Å². The van der Waals surface area contributed by atoms with Gasteiger partial charge < -0.3 is 19.8 Å². The maximum absolute atomic E-state index is 11.2. The lowest BCUT2D eigenvalue weighted by atomic mass is 10.1. The molecular formula is C26H27N5O2. The summed E-state index contributed by atoms with van der Waals surface area (Å²) in [5.41, 5.74) is 10.1. The number of nitrogens with two attached hydrogens (primary N) is 1. The van der Waals surface area contributed by atoms with E-state index in [1.54, 1.807) is 12.1 Å². The quantitative estimate of drug-likeness (QED) is 0.503. The lowest BCUT2D eigenvalue weighted by molar-refractivity contribution is 0.211. The fraction of sp³-hybridized carbons (Fsp3) is 0.231. The van der Waals surface area contributed by atoms with Gasteiger partial charge in [-0.15, -0.1) is 0 Å². The molecule has 0 saturated carbocycles. The van der Waals surface area contributed by atoms with Crippen LogP contribution in [0.2, 0.25) is 0 Å². The number of anilines is 1. The van der Waals surface area contributed by atoms with E-state index in [0.29, 0.717) is 11.4 Å². The maximum Gasteiger partial charge on any atom is 0.410 e. The summed E-state index contributed by atoms with van der Waals surface area (Å²) in [5, 5.41) is 0. The molecule has 4 aromatic rings. The number of amides is 1. The van der Waals surface area contributed by atoms with Gasteiger partial charge in [0.1, 0.15) is 0 Å². The van der Waals surface area contributed by atoms with Crippen molar-refractivity contribution in [2.75, 3.05) is 31.1 Å². The Bertz CT molecular complexity index is 1240. The molecule has 1 aliphatic rings. The predicted octanol–water partition coefficient (Wildman–Crippen LogP) is 4.17. The molecule has 0 aliphatic carbocycles. The van der Waals surface area contributed by atoms with Crippen molar-refractivity contribution in [3.05, 3.63) is 84.7 Å². The number of carbonyl (C=O) groups excluding carboxylic acids is 1. The number of carbonyl (C=O) groups is 1. The van der Waals surface area contributed by atoms with Crippen molar-refractivity contribution in [2.45, 2.75) is 13.0 Å². The van der Waals surface area contributed by atoms with Crippen molar-refractivity contribution in [1.29, 1.82) is 0 Å². The number of ether oxygens (including phenoxy) is 1. The molecule has 0 radical (unpaired) electrons. The average molecular weight is 442 g/mol. The smallest absolute Gasteiger partial charge is 0.406 e. The van der Waals surface area contributed by atoms with Crippen LogP contribution >= 0.6 is 0 Å². The summed E-state index contributed by atoms with van der Waals surface area (Å²) >= 11 is 0. The van der Waals surface area contributed by atoms with Crippen LogP contribution < -0.4 is 15.4 Å². The number of nitrogens with zero attached hydrogens (tertiary/aromatic N) is 4. The lowest BCUT2D eigenvalue weighted by Gasteiger charge is -2.24. The van der Waals surface area contributed by atoms with Gasteiger partial charge in [-0.05, 0) is 36.2 Å². The van der Waals surface area contributed by atoms with Gasteiger partial charge in [-0.3, -0.25) is 4.90 Å². The summed E-state index contributed by atoms with van der Waals surface area (Å²) in [6, 6.07) is 22.7. The second-order valence-electron chi connectivity index (χ2n) is 8.30. The normalized spacial score (nSPS) is 14.8. The highest BCUT2D eigenvalue weighted by atomic mass is 16.5. The van der Waals surface area contributed by atoms with Crippen molar-refractivity contribution in [3.63, 3.8) is 0 Å². The number of aromatic nitrogens is 2. The Balaban J connectivity index is 1.28. The number of rotatable bonds is 5. The zero-order valence-corrected chi connectivity index (χ0v) is 18.4. The van der Waals surface area contributed by atoms with Gasteiger partial charge in [0.2, 0.25) is 0 Å². The fourth-order valence-electron chi connectivity index (χ4n) is 4.39. The highest BCUT2D eigenvalue weighted by Crippen LogP contribution is 2.27. The minimum Gasteiger partial charge on any atom is -0.406 e. The molecular weight excluding hydrogens is 414 g/mol. The molecule has 1 saturated heterocycles. The summed E-state index contributed by atoms with van der Waals surface area (Å²) in [7, 11) is 0. The average Bonchev–Trinajstić information content (AvgIpc) is 3.14. The number of hydrogen-bond acceptors (Lipinski definition) is 5. The second-order valence-corrected chi connectivity index (χ2v) is 8.30. The third-order valence-corrected chi connectivity index (χ3v) is 6.02. The Kier molecular flexibility index (Phi) is 5.95. The van der Waals surface area contributed by atoms with Crippen molar-refractivity contribution < 1.29 is 9.53 Å². The first-order valence-corrected chi connectivity index (χ1v) is 11.2. The summed E-state index contributed by atoms with van der Waals surface area (Å²) in [6.45, 7) is 5.22. The molecule has 0 spiro atoms. The molecule has 2 N–H and O–H groups in total. The van der Waals surface area contributed by atoms with E-state index in [4.69, 9.17) is 10.5 Å². The Morgan fingerprint density at radius 3 is 2.55 bits per heavy atom. The molecule has 7 nitrogen and oxygen atoms in total. The summed E-state index contributed by atoms with van der Waals surface area (Å²) in [4.78, 5) is 20.8. The van der Waals surface area contributed by atoms with E-state index in [-0.39, 0.29) is 0 Å². The molecule has 2 aromatic heterocycles. The van der Waals surface area contributed by atoms with Gasteiger partial charge in [-0.25, -0.2) is 9.78 Å². The molecule has 7 heteroatoms. The van der Waals surface area contributed by atoms with Crippen molar-refractivity contribution in [2.24, 2.45) is 5.73 Å². The molecule has 0 atom stereocenters. The standard InChI is InChI=1S/C26H27N5O2/c27-26(32)33-24-8-4-14-31-19-23(28-25(24)31)21-9-11-22(12-10-21)30-15-5-13-29(16-17-30)18-20-6-2-1-3-7-20/h1-4,6-12,14,19H,5,13,15-18H2,(H2,27,32). The molecule has 33 heavy (non-hydrogen) atoms. The van der Waals surface area contributed by atoms with E-state index in [0.717, 1.165) is 50.4 Å². The lowest BCUT2D eigenvalue weighted by Crippen LogP contribution is -2.30. The molecule has 168 valence electrons. The molecule has 0 unspecified atom stereocenters. The first-order chi connectivity index (χ1) is 16.2. The van der Waals surface area contributed by atoms with Crippen LogP contribution in [0, 0.1) is 0 Å². The van der Waals surface area contributed by atoms with Crippen LogP contribution in [-0.4, -0.2) is 46.6 Å². The first kappa shape index (κ1) is 21.0. The molecule has 1 amide bonds. The van der Waals surface area contributed by atoms with E-state index in [9.17, 15) is 4.79 Å². The highest BCUT2D eigenvalue weighted by Gasteiger charge is 2.16. The van der Waals surface area contributed by atoms with Crippen LogP contribution in [-0.2, 0) is 6.54 Å². The van der Waals surface area contributed by atoms with Crippen LogP contribution in [0.5, 0.6) is 5.75 Å². The van der Waals surface area contributed by atoms with Gasteiger partial charge in [0.15, 0.2) is 11.4 Å². The van der Waals surface area contributed by atoms with Gasteiger partial charge >= 0.3 is 6.09 Å². The Morgan fingerprint density at radius 1 is 0.939 bits per heavy atom. The van der Waals surface area contributed by atoms with E-state index < -0.39 is 6.09 Å². The molecule has 2 aromatic carbocycles. The van der Waals surface area contributed by atoms with E-state index in [2.05, 4.69) is 69.4 Å². The molecule has 1 fully saturated rings. The van der Waals surface area contributed by atoms with E-state index >= 15 is 0 Å². The van der Waals surface area contributed by atoms with Crippen molar-refractivity contribution in [1.82, 2.24) is 14.3 Å². The fourth-order valence-corrected chi connectivity index (χ4v) is 4.39. The summed E-state index contributed by atoms with van der Waals surface area (Å²) in [6.07, 6.45) is 4.08. The number of imidazole rings is 1. The largest absolute Gasteiger partial charge is 0.410 e. The Labute approximate surface area is 193 Å². The third kappa shape index (κ3) is 4.83. The van der Waals surface area contributed by atoms with Crippen LogP contribution in [0.1, 0.15) is 12.0 Å². The van der Waals surface area contributed by atoms with Gasteiger partial charge in [0.05, 0.1) is 5.69 Å². The van der Waals surface area contributed by atoms with Crippen LogP contribution in [0.25, 0.3) is 16.9 Å². The monoisotopic (exact) mass is 441 g/mol. The molecule has 3 heterocycles. The van der Waals surface area contributed by atoms with Crippen LogP contribution in [0.15, 0.2) is 79.1 Å². The molecule has 0 bridgehead atoms. The number of benzene rings is 2. The van der Waals surface area contributed by atoms with E-state index in [1.165, 1.54) is 11.3 Å². The first-order valence-electron chi connectivity index (χ1n) is 11.2. The van der Waals surface area contributed by atoms with Gasteiger partial charge in [-0.2, -0.15) is 0 Å². The van der Waals surface area contributed by atoms with Crippen LogP contribution in [0.4, 0.5) is 10.5 Å². The minimum atomic E-state index is -0.850. The number of fused-ring (bicyclic) bond motifs is 1. The Morgan fingerprint density at radius 2 is 1.76 bits per heavy atom. The van der Waals surface area contributed by atoms with Gasteiger partial charge in [-0.1, -0.05) is 42.5 Å². The number of primary amides is 1. The zero-order valence-electron chi connectivity index (χ0n) is 18.4. The van der Waals surface area contributed by atoms with E-state index in [1.807, 2.05) is 16.8 Å². The van der Waals surface area contributed by atoms with Gasteiger partial charge in [0, 0.05) is 56.4 Å². The molecule has 1 aliphatic heterocycles. The summed E-state index contributed by atoms with van der Waals surface area (Å²) < 4.78 is 6.91. The topological polar surface area (TPSA) is 76.1 Å². The SMILES string of the molecule is NC(=O)Oc1cccn2cc(-c3ccc(N4CCCN(Cc5ccccc5)CC4)cc3)nc12. The van der Waals surface area contributed by atoms with Gasteiger partial charge in [0.25, 0.3) is 0 Å². The molecule has 5 rings (SSSR count). The second kappa shape index (κ2) is 9.34. The minimum absolute atomic E-state index is 0.345. The number of hydrogen-bond donors (Lipinski definition) is 1. The maximum atomic E-state index is 11.2. The highest BCUT2D eigenvalue weighted by molar-refractivity contribution is 5.73. The zero-order chi connectivity index (χ0) is 22.6. The summed E-state index contributed by atoms with van der Waals surface area (Å²) in [5.74, 6) is 0.345. The predicted molar refractivity (Wildman–Crippen MR) is 129 cm³/mol.